The van der Waals surface area contributed by atoms with Gasteiger partial charge < -0.3 is 4.74 Å². The fourth-order valence-electron chi connectivity index (χ4n) is 2.59. The molecule has 2 N–H and O–H groups in total. The molecule has 0 aromatic heterocycles. The number of rotatable bonds is 4. The molecule has 1 aliphatic rings. The second kappa shape index (κ2) is 4.84. The predicted molar refractivity (Wildman–Crippen MR) is 68.3 cm³/mol. The predicted octanol–water partition coefficient (Wildman–Crippen LogP) is 0.554. The number of nitrogens with two attached hydrogens (primary N) is 1. The van der Waals surface area contributed by atoms with Crippen molar-refractivity contribution in [2.45, 2.75) is 45.3 Å². The van der Waals surface area contributed by atoms with Crippen LogP contribution in [0.3, 0.4) is 0 Å². The van der Waals surface area contributed by atoms with Crippen LogP contribution in [0, 0.1) is 0 Å². The molecule has 0 atom stereocenters. The van der Waals surface area contributed by atoms with E-state index in [1.54, 1.807) is 0 Å². The van der Waals surface area contributed by atoms with Crippen molar-refractivity contribution in [3.63, 3.8) is 0 Å². The molecule has 0 aromatic rings. The van der Waals surface area contributed by atoms with E-state index in [4.69, 9.17) is 9.88 Å². The van der Waals surface area contributed by atoms with E-state index in [9.17, 15) is 8.42 Å². The van der Waals surface area contributed by atoms with Crippen LogP contribution in [0.4, 0.5) is 0 Å². The first-order valence-electron chi connectivity index (χ1n) is 5.92. The van der Waals surface area contributed by atoms with Crippen molar-refractivity contribution < 1.29 is 13.2 Å². The smallest absolute Gasteiger partial charge is 0.209 e. The van der Waals surface area contributed by atoms with E-state index in [0.717, 1.165) is 19.6 Å². The topological polar surface area (TPSA) is 72.6 Å². The molecule has 0 aliphatic carbocycles. The molecule has 0 bridgehead atoms. The van der Waals surface area contributed by atoms with Gasteiger partial charge in [-0.3, -0.25) is 4.90 Å². The molecule has 0 radical (unpaired) electrons. The molecule has 0 spiro atoms. The van der Waals surface area contributed by atoms with Crippen LogP contribution in [0.25, 0.3) is 0 Å². The van der Waals surface area contributed by atoms with Gasteiger partial charge >= 0.3 is 0 Å². The number of hydrogen-bond acceptors (Lipinski definition) is 4. The van der Waals surface area contributed by atoms with Crippen molar-refractivity contribution in [2.75, 3.05) is 25.4 Å². The summed E-state index contributed by atoms with van der Waals surface area (Å²) in [5.41, 5.74) is -0.382. The minimum atomic E-state index is -3.34. The van der Waals surface area contributed by atoms with Gasteiger partial charge in [0.15, 0.2) is 0 Å². The highest BCUT2D eigenvalue weighted by atomic mass is 32.2. The van der Waals surface area contributed by atoms with Crippen molar-refractivity contribution in [3.05, 3.63) is 0 Å². The van der Waals surface area contributed by atoms with E-state index in [1.807, 2.05) is 0 Å². The summed E-state index contributed by atoms with van der Waals surface area (Å²) in [5, 5.41) is 4.99. The first-order chi connectivity index (χ1) is 7.49. The minimum absolute atomic E-state index is 0.0468. The second-order valence-electron chi connectivity index (χ2n) is 6.05. The molecule has 1 fully saturated rings. The SMILES string of the molecule is CC1(C)CN(CCCS(N)(=O)=O)CC(C)(C)O1. The maximum absolute atomic E-state index is 10.9. The quantitative estimate of drug-likeness (QED) is 0.805. The summed E-state index contributed by atoms with van der Waals surface area (Å²) < 4.78 is 27.7. The van der Waals surface area contributed by atoms with Gasteiger partial charge in [0.2, 0.25) is 10.0 Å². The van der Waals surface area contributed by atoms with E-state index in [2.05, 4.69) is 32.6 Å². The number of hydrogen-bond donors (Lipinski definition) is 1. The Hall–Kier alpha value is -0.170. The third-order valence-electron chi connectivity index (χ3n) is 2.66. The fraction of sp³-hybridized carbons (Fsp3) is 1.00. The Morgan fingerprint density at radius 1 is 1.18 bits per heavy atom. The van der Waals surface area contributed by atoms with Gasteiger partial charge in [-0.15, -0.1) is 0 Å². The van der Waals surface area contributed by atoms with Crippen LogP contribution in [0.1, 0.15) is 34.1 Å². The van der Waals surface area contributed by atoms with Crippen LogP contribution >= 0.6 is 0 Å². The summed E-state index contributed by atoms with van der Waals surface area (Å²) in [6, 6.07) is 0. The van der Waals surface area contributed by atoms with Crippen LogP contribution < -0.4 is 5.14 Å². The molecule has 17 heavy (non-hydrogen) atoms. The average molecular weight is 264 g/mol. The molecule has 1 saturated heterocycles. The highest BCUT2D eigenvalue weighted by Crippen LogP contribution is 2.27. The zero-order chi connectivity index (χ0) is 13.3. The fourth-order valence-corrected chi connectivity index (χ4v) is 3.12. The molecule has 0 amide bonds. The molecule has 1 rings (SSSR count). The number of nitrogens with zero attached hydrogens (tertiary/aromatic N) is 1. The minimum Gasteiger partial charge on any atom is -0.367 e. The third-order valence-corrected chi connectivity index (χ3v) is 3.52. The Labute approximate surface area is 104 Å². The Kier molecular flexibility index (Phi) is 4.24. The Morgan fingerprint density at radius 2 is 1.65 bits per heavy atom. The van der Waals surface area contributed by atoms with Crippen molar-refractivity contribution in [2.24, 2.45) is 5.14 Å². The zero-order valence-corrected chi connectivity index (χ0v) is 12.0. The van der Waals surface area contributed by atoms with Crippen molar-refractivity contribution in [1.29, 1.82) is 0 Å². The lowest BCUT2D eigenvalue weighted by molar-refractivity contribution is -0.180. The van der Waals surface area contributed by atoms with Gasteiger partial charge in [-0.05, 0) is 40.7 Å². The monoisotopic (exact) mass is 264 g/mol. The third kappa shape index (κ3) is 5.81. The standard InChI is InChI=1S/C11H24N2O3S/c1-10(2)8-13(9-11(3,4)16-10)6-5-7-17(12,14)15/h5-9H2,1-4H3,(H2,12,14,15). The summed E-state index contributed by atoms with van der Waals surface area (Å²) in [6.45, 7) is 10.6. The van der Waals surface area contributed by atoms with Crippen LogP contribution in [0.15, 0.2) is 0 Å². The maximum atomic E-state index is 10.9. The molecular weight excluding hydrogens is 240 g/mol. The van der Waals surface area contributed by atoms with Gasteiger partial charge in [-0.2, -0.15) is 0 Å². The first kappa shape index (κ1) is 14.9. The summed E-state index contributed by atoms with van der Waals surface area (Å²) in [4.78, 5) is 2.24. The molecule has 1 aliphatic heterocycles. The number of ether oxygens (including phenoxy) is 1. The lowest BCUT2D eigenvalue weighted by Gasteiger charge is -2.47. The van der Waals surface area contributed by atoms with Crippen LogP contribution in [-0.2, 0) is 14.8 Å². The molecule has 0 aromatic carbocycles. The summed E-state index contributed by atoms with van der Waals surface area (Å²) in [5.74, 6) is 0.0468. The molecule has 5 nitrogen and oxygen atoms in total. The van der Waals surface area contributed by atoms with Crippen LogP contribution in [-0.4, -0.2) is 49.9 Å². The van der Waals surface area contributed by atoms with Crippen molar-refractivity contribution >= 4 is 10.0 Å². The van der Waals surface area contributed by atoms with E-state index in [-0.39, 0.29) is 17.0 Å². The molecule has 0 unspecified atom stereocenters. The van der Waals surface area contributed by atoms with Crippen molar-refractivity contribution in [3.8, 4) is 0 Å². The summed E-state index contributed by atoms with van der Waals surface area (Å²) in [6.07, 6.45) is 0.574. The van der Waals surface area contributed by atoms with Gasteiger partial charge in [0.25, 0.3) is 0 Å². The van der Waals surface area contributed by atoms with Gasteiger partial charge in [0.05, 0.1) is 17.0 Å². The molecule has 1 heterocycles. The zero-order valence-electron chi connectivity index (χ0n) is 11.2. The first-order valence-corrected chi connectivity index (χ1v) is 7.64. The molecule has 102 valence electrons. The maximum Gasteiger partial charge on any atom is 0.209 e. The molecular formula is C11H24N2O3S. The highest BCUT2D eigenvalue weighted by Gasteiger charge is 2.37. The number of primary sulfonamides is 1. The Balaban J connectivity index is 2.49. The van der Waals surface area contributed by atoms with Gasteiger partial charge in [-0.1, -0.05) is 0 Å². The lowest BCUT2D eigenvalue weighted by atomic mass is 9.99. The van der Waals surface area contributed by atoms with Gasteiger partial charge in [0.1, 0.15) is 0 Å². The van der Waals surface area contributed by atoms with Crippen LogP contribution in [0.2, 0.25) is 0 Å². The van der Waals surface area contributed by atoms with E-state index >= 15 is 0 Å². The lowest BCUT2D eigenvalue weighted by Crippen LogP contribution is -2.57. The van der Waals surface area contributed by atoms with Crippen molar-refractivity contribution in [1.82, 2.24) is 4.90 Å². The van der Waals surface area contributed by atoms with Crippen LogP contribution in [0.5, 0.6) is 0 Å². The molecule has 0 saturated carbocycles. The van der Waals surface area contributed by atoms with Gasteiger partial charge in [0, 0.05) is 13.1 Å². The summed E-state index contributed by atoms with van der Waals surface area (Å²) in [7, 11) is -3.34. The summed E-state index contributed by atoms with van der Waals surface area (Å²) >= 11 is 0. The normalized spacial score (nSPS) is 24.8. The highest BCUT2D eigenvalue weighted by molar-refractivity contribution is 7.89. The van der Waals surface area contributed by atoms with E-state index < -0.39 is 10.0 Å². The second-order valence-corrected chi connectivity index (χ2v) is 7.79. The average Bonchev–Trinajstić information content (AvgIpc) is 1.93. The number of sulfonamides is 1. The van der Waals surface area contributed by atoms with Gasteiger partial charge in [-0.25, -0.2) is 13.6 Å². The number of morpholine rings is 1. The Morgan fingerprint density at radius 3 is 2.06 bits per heavy atom. The largest absolute Gasteiger partial charge is 0.367 e. The Bertz CT molecular complexity index is 347. The van der Waals surface area contributed by atoms with E-state index in [1.165, 1.54) is 0 Å². The molecule has 6 heteroatoms. The van der Waals surface area contributed by atoms with E-state index in [0.29, 0.717) is 6.42 Å².